The highest BCUT2D eigenvalue weighted by Gasteiger charge is 2.19. The minimum atomic E-state index is -1.14. The Kier molecular flexibility index (Phi) is 3.87. The molecule has 1 fully saturated rings. The van der Waals surface area contributed by atoms with Crippen molar-refractivity contribution in [2.24, 2.45) is 0 Å². The summed E-state index contributed by atoms with van der Waals surface area (Å²) in [4.78, 5) is 10.9. The molecule has 2 heterocycles. The highest BCUT2D eigenvalue weighted by Crippen LogP contribution is 2.31. The highest BCUT2D eigenvalue weighted by atomic mass is 16.5. The molecule has 1 N–H and O–H groups in total. The van der Waals surface area contributed by atoms with E-state index in [2.05, 4.69) is 5.16 Å². The van der Waals surface area contributed by atoms with Gasteiger partial charge in [-0.1, -0.05) is 17.3 Å². The summed E-state index contributed by atoms with van der Waals surface area (Å²) in [6.45, 7) is 1.39. The minimum Gasteiger partial charge on any atom is -0.490 e. The van der Waals surface area contributed by atoms with Gasteiger partial charge in [-0.25, -0.2) is 4.79 Å². The van der Waals surface area contributed by atoms with Gasteiger partial charge in [-0.05, 0) is 12.1 Å². The number of rotatable bonds is 4. The third-order valence-corrected chi connectivity index (χ3v) is 3.35. The smallest absolute Gasteiger partial charge is 0.374 e. The first-order chi connectivity index (χ1) is 10.2. The second kappa shape index (κ2) is 5.97. The van der Waals surface area contributed by atoms with Crippen LogP contribution in [0.4, 0.5) is 0 Å². The monoisotopic (exact) mass is 289 g/mol. The molecule has 3 rings (SSSR count). The van der Waals surface area contributed by atoms with E-state index in [0.29, 0.717) is 24.7 Å². The van der Waals surface area contributed by atoms with Crippen LogP contribution >= 0.6 is 0 Å². The van der Waals surface area contributed by atoms with Crippen molar-refractivity contribution in [3.05, 3.63) is 36.1 Å². The molecule has 0 bridgehead atoms. The fourth-order valence-corrected chi connectivity index (χ4v) is 2.26. The molecule has 1 saturated heterocycles. The van der Waals surface area contributed by atoms with Crippen LogP contribution < -0.4 is 4.74 Å². The molecule has 0 spiro atoms. The number of carbonyl (C=O) groups is 1. The third kappa shape index (κ3) is 3.05. The third-order valence-electron chi connectivity index (χ3n) is 3.35. The van der Waals surface area contributed by atoms with Gasteiger partial charge in [0.15, 0.2) is 0 Å². The van der Waals surface area contributed by atoms with Crippen LogP contribution in [0.25, 0.3) is 11.3 Å². The first-order valence-electron chi connectivity index (χ1n) is 6.78. The lowest BCUT2D eigenvalue weighted by Gasteiger charge is -2.24. The van der Waals surface area contributed by atoms with Crippen LogP contribution in [0.2, 0.25) is 0 Å². The van der Waals surface area contributed by atoms with Gasteiger partial charge in [-0.15, -0.1) is 0 Å². The van der Waals surface area contributed by atoms with Gasteiger partial charge in [0.1, 0.15) is 17.5 Å². The Bertz CT molecular complexity index is 630. The van der Waals surface area contributed by atoms with E-state index in [1.54, 1.807) is 0 Å². The lowest BCUT2D eigenvalue weighted by molar-refractivity contribution is 0.0258. The molecule has 1 aromatic heterocycles. The van der Waals surface area contributed by atoms with Crippen molar-refractivity contribution < 1.29 is 23.9 Å². The predicted molar refractivity (Wildman–Crippen MR) is 73.4 cm³/mol. The van der Waals surface area contributed by atoms with Gasteiger partial charge in [0, 0.05) is 24.5 Å². The van der Waals surface area contributed by atoms with Gasteiger partial charge in [0.25, 0.3) is 0 Å². The van der Waals surface area contributed by atoms with E-state index >= 15 is 0 Å². The number of aromatic carboxylic acids is 1. The number of ether oxygens (including phenoxy) is 2. The number of carboxylic acid groups (broad SMARTS) is 1. The normalized spacial score (nSPS) is 15.8. The second-order valence-electron chi connectivity index (χ2n) is 4.81. The predicted octanol–water partition coefficient (Wildman–Crippen LogP) is 2.60. The van der Waals surface area contributed by atoms with Gasteiger partial charge in [-0.2, -0.15) is 0 Å². The Morgan fingerprint density at radius 3 is 2.76 bits per heavy atom. The maximum absolute atomic E-state index is 10.9. The van der Waals surface area contributed by atoms with Gasteiger partial charge < -0.3 is 19.1 Å². The molecule has 0 aliphatic carbocycles. The quantitative estimate of drug-likeness (QED) is 0.931. The van der Waals surface area contributed by atoms with Crippen LogP contribution in [0.3, 0.4) is 0 Å². The molecule has 6 heteroatoms. The Morgan fingerprint density at radius 1 is 1.29 bits per heavy atom. The topological polar surface area (TPSA) is 81.8 Å². The van der Waals surface area contributed by atoms with Gasteiger partial charge in [0.2, 0.25) is 5.76 Å². The highest BCUT2D eigenvalue weighted by molar-refractivity contribution is 5.86. The minimum absolute atomic E-state index is 0.103. The summed E-state index contributed by atoms with van der Waals surface area (Å²) in [5.41, 5.74) is 1.18. The number of benzene rings is 1. The van der Waals surface area contributed by atoms with Crippen molar-refractivity contribution in [3.63, 3.8) is 0 Å². The molecule has 0 unspecified atom stereocenters. The molecule has 0 saturated carbocycles. The van der Waals surface area contributed by atoms with E-state index in [0.717, 1.165) is 18.4 Å². The zero-order valence-electron chi connectivity index (χ0n) is 11.3. The van der Waals surface area contributed by atoms with Crippen LogP contribution in [0.15, 0.2) is 34.9 Å². The summed E-state index contributed by atoms with van der Waals surface area (Å²) in [5, 5.41) is 12.7. The largest absolute Gasteiger partial charge is 0.490 e. The standard InChI is InChI=1S/C15H15NO5/c17-15(18)14-9-12(16-21-14)11-3-1-2-4-13(11)20-10-5-7-19-8-6-10/h1-4,9-10H,5-8H2,(H,17,18). The van der Waals surface area contributed by atoms with Crippen LogP contribution in [0.5, 0.6) is 5.75 Å². The van der Waals surface area contributed by atoms with E-state index in [-0.39, 0.29) is 11.9 Å². The van der Waals surface area contributed by atoms with Crippen molar-refractivity contribution in [2.45, 2.75) is 18.9 Å². The first kappa shape index (κ1) is 13.6. The zero-order chi connectivity index (χ0) is 14.7. The van der Waals surface area contributed by atoms with E-state index in [4.69, 9.17) is 19.1 Å². The van der Waals surface area contributed by atoms with Gasteiger partial charge >= 0.3 is 5.97 Å². The molecular formula is C15H15NO5. The molecule has 21 heavy (non-hydrogen) atoms. The molecule has 110 valence electrons. The van der Waals surface area contributed by atoms with Crippen molar-refractivity contribution in [2.75, 3.05) is 13.2 Å². The summed E-state index contributed by atoms with van der Waals surface area (Å²) < 4.78 is 16.1. The van der Waals surface area contributed by atoms with Crippen molar-refractivity contribution >= 4 is 5.97 Å². The van der Waals surface area contributed by atoms with Gasteiger partial charge in [-0.3, -0.25) is 0 Å². The molecule has 0 radical (unpaired) electrons. The van der Waals surface area contributed by atoms with E-state index < -0.39 is 5.97 Å². The lowest BCUT2D eigenvalue weighted by atomic mass is 10.1. The Labute approximate surface area is 121 Å². The summed E-state index contributed by atoms with van der Waals surface area (Å²) in [5.74, 6) is -0.655. The van der Waals surface area contributed by atoms with E-state index in [9.17, 15) is 4.79 Å². The number of carboxylic acids is 1. The molecule has 1 aromatic carbocycles. The first-order valence-corrected chi connectivity index (χ1v) is 6.78. The molecule has 2 aromatic rings. The molecular weight excluding hydrogens is 274 g/mol. The molecule has 0 atom stereocenters. The van der Waals surface area contributed by atoms with Crippen molar-refractivity contribution in [1.82, 2.24) is 5.16 Å². The van der Waals surface area contributed by atoms with Crippen LogP contribution in [-0.2, 0) is 4.74 Å². The van der Waals surface area contributed by atoms with E-state index in [1.165, 1.54) is 6.07 Å². The van der Waals surface area contributed by atoms with Crippen LogP contribution in [0, 0.1) is 0 Å². The molecule has 6 nitrogen and oxygen atoms in total. The molecule has 1 aliphatic heterocycles. The second-order valence-corrected chi connectivity index (χ2v) is 4.81. The SMILES string of the molecule is O=C(O)c1cc(-c2ccccc2OC2CCOCC2)no1. The lowest BCUT2D eigenvalue weighted by Crippen LogP contribution is -2.26. The Hall–Kier alpha value is -2.34. The van der Waals surface area contributed by atoms with Gasteiger partial charge in [0.05, 0.1) is 13.2 Å². The summed E-state index contributed by atoms with van der Waals surface area (Å²) in [6.07, 6.45) is 1.78. The maximum Gasteiger partial charge on any atom is 0.374 e. The van der Waals surface area contributed by atoms with E-state index in [1.807, 2.05) is 24.3 Å². The average Bonchev–Trinajstić information content (AvgIpc) is 2.99. The molecule has 1 aliphatic rings. The maximum atomic E-state index is 10.9. The van der Waals surface area contributed by atoms with Crippen molar-refractivity contribution in [3.8, 4) is 17.0 Å². The van der Waals surface area contributed by atoms with Crippen LogP contribution in [-0.4, -0.2) is 35.6 Å². The fraction of sp³-hybridized carbons (Fsp3) is 0.333. The Balaban J connectivity index is 1.85. The Morgan fingerprint density at radius 2 is 2.05 bits per heavy atom. The number of para-hydroxylation sites is 1. The summed E-state index contributed by atoms with van der Waals surface area (Å²) in [7, 11) is 0. The number of hydrogen-bond acceptors (Lipinski definition) is 5. The summed E-state index contributed by atoms with van der Waals surface area (Å²) in [6, 6.07) is 8.80. The molecule has 0 amide bonds. The van der Waals surface area contributed by atoms with Crippen LogP contribution in [0.1, 0.15) is 23.4 Å². The summed E-state index contributed by atoms with van der Waals surface area (Å²) >= 11 is 0. The fourth-order valence-electron chi connectivity index (χ4n) is 2.26. The number of aromatic nitrogens is 1. The average molecular weight is 289 g/mol. The number of hydrogen-bond donors (Lipinski definition) is 1. The zero-order valence-corrected chi connectivity index (χ0v) is 11.3. The van der Waals surface area contributed by atoms with Crippen molar-refractivity contribution in [1.29, 1.82) is 0 Å². The number of nitrogens with zero attached hydrogens (tertiary/aromatic N) is 1.